The minimum atomic E-state index is -0.532. The molecule has 2 aromatic rings. The molecule has 21 heavy (non-hydrogen) atoms. The molecule has 3 N–H and O–H groups in total. The number of carbonyl (C=O) groups is 1. The second-order valence-corrected chi connectivity index (χ2v) is 4.34. The van der Waals surface area contributed by atoms with Gasteiger partial charge in [0.1, 0.15) is 11.6 Å². The van der Waals surface area contributed by atoms with Gasteiger partial charge < -0.3 is 15.8 Å². The van der Waals surface area contributed by atoms with E-state index in [1.54, 1.807) is 25.3 Å². The average molecular weight is 286 g/mol. The van der Waals surface area contributed by atoms with Crippen LogP contribution in [0.1, 0.15) is 5.56 Å². The molecule has 0 spiro atoms. The summed E-state index contributed by atoms with van der Waals surface area (Å²) in [4.78, 5) is 11.7. The standard InChI is InChI=1S/C16H15FN2O2/c1-21-13-6-2-11(3-7-13)4-9-16(20)19-15-10-12(18)5-8-14(15)17/h2-10H,18H2,1H3,(H,19,20)/b9-4+. The first kappa shape index (κ1) is 14.6. The molecule has 2 rings (SSSR count). The molecule has 0 aromatic heterocycles. The maximum absolute atomic E-state index is 13.5. The van der Waals surface area contributed by atoms with Crippen molar-refractivity contribution in [3.63, 3.8) is 0 Å². The summed E-state index contributed by atoms with van der Waals surface area (Å²) in [5.41, 5.74) is 6.82. The smallest absolute Gasteiger partial charge is 0.248 e. The maximum atomic E-state index is 13.5. The third kappa shape index (κ3) is 4.07. The first-order valence-corrected chi connectivity index (χ1v) is 6.26. The maximum Gasteiger partial charge on any atom is 0.248 e. The Balaban J connectivity index is 2.03. The van der Waals surface area contributed by atoms with E-state index in [-0.39, 0.29) is 5.69 Å². The molecule has 5 heteroatoms. The highest BCUT2D eigenvalue weighted by Crippen LogP contribution is 2.17. The first-order chi connectivity index (χ1) is 10.1. The number of nitrogen functional groups attached to an aromatic ring is 1. The van der Waals surface area contributed by atoms with Crippen molar-refractivity contribution in [2.45, 2.75) is 0 Å². The van der Waals surface area contributed by atoms with Gasteiger partial charge >= 0.3 is 0 Å². The van der Waals surface area contributed by atoms with Gasteiger partial charge in [0.05, 0.1) is 12.8 Å². The fourth-order valence-corrected chi connectivity index (χ4v) is 1.70. The Hall–Kier alpha value is -2.82. The van der Waals surface area contributed by atoms with E-state index in [1.807, 2.05) is 12.1 Å². The van der Waals surface area contributed by atoms with Crippen LogP contribution in [0.2, 0.25) is 0 Å². The number of anilines is 2. The van der Waals surface area contributed by atoms with E-state index in [2.05, 4.69) is 5.32 Å². The number of hydrogen-bond acceptors (Lipinski definition) is 3. The van der Waals surface area contributed by atoms with Crippen LogP contribution in [-0.2, 0) is 4.79 Å². The molecule has 1 amide bonds. The number of rotatable bonds is 4. The van der Waals surface area contributed by atoms with Crippen LogP contribution in [0, 0.1) is 5.82 Å². The number of carbonyl (C=O) groups excluding carboxylic acids is 1. The fraction of sp³-hybridized carbons (Fsp3) is 0.0625. The Kier molecular flexibility index (Phi) is 4.56. The number of nitrogens with two attached hydrogens (primary N) is 1. The summed E-state index contributed by atoms with van der Waals surface area (Å²) < 4.78 is 18.5. The van der Waals surface area contributed by atoms with E-state index in [1.165, 1.54) is 24.3 Å². The monoisotopic (exact) mass is 286 g/mol. The van der Waals surface area contributed by atoms with Crippen molar-refractivity contribution in [3.8, 4) is 5.75 Å². The lowest BCUT2D eigenvalue weighted by Crippen LogP contribution is -2.09. The first-order valence-electron chi connectivity index (χ1n) is 6.26. The van der Waals surface area contributed by atoms with Crippen LogP contribution in [0.4, 0.5) is 15.8 Å². The van der Waals surface area contributed by atoms with Gasteiger partial charge in [0, 0.05) is 11.8 Å². The summed E-state index contributed by atoms with van der Waals surface area (Å²) in [6.07, 6.45) is 2.95. The van der Waals surface area contributed by atoms with E-state index in [0.717, 1.165) is 11.3 Å². The summed E-state index contributed by atoms with van der Waals surface area (Å²) in [5, 5.41) is 2.44. The zero-order valence-corrected chi connectivity index (χ0v) is 11.5. The average Bonchev–Trinajstić information content (AvgIpc) is 2.49. The third-order valence-electron chi connectivity index (χ3n) is 2.79. The molecule has 0 unspecified atom stereocenters. The quantitative estimate of drug-likeness (QED) is 0.670. The molecule has 0 aliphatic heterocycles. The Morgan fingerprint density at radius 1 is 1.24 bits per heavy atom. The summed E-state index contributed by atoms with van der Waals surface area (Å²) in [7, 11) is 1.58. The number of amides is 1. The van der Waals surface area contributed by atoms with Crippen LogP contribution in [0.25, 0.3) is 6.08 Å². The van der Waals surface area contributed by atoms with E-state index < -0.39 is 11.7 Å². The summed E-state index contributed by atoms with van der Waals surface area (Å²) in [5.74, 6) is -0.232. The van der Waals surface area contributed by atoms with Gasteiger partial charge in [-0.25, -0.2) is 4.39 Å². The van der Waals surface area contributed by atoms with Gasteiger partial charge in [-0.15, -0.1) is 0 Å². The Labute approximate surface area is 122 Å². The Morgan fingerprint density at radius 3 is 2.62 bits per heavy atom. The van der Waals surface area contributed by atoms with Crippen molar-refractivity contribution >= 4 is 23.4 Å². The molecule has 0 heterocycles. The van der Waals surface area contributed by atoms with Crippen LogP contribution < -0.4 is 15.8 Å². The number of ether oxygens (including phenoxy) is 1. The lowest BCUT2D eigenvalue weighted by Gasteiger charge is -2.04. The van der Waals surface area contributed by atoms with Crippen molar-refractivity contribution in [1.82, 2.24) is 0 Å². The van der Waals surface area contributed by atoms with Gasteiger partial charge in [0.25, 0.3) is 0 Å². The molecular weight excluding hydrogens is 271 g/mol. The van der Waals surface area contributed by atoms with Crippen molar-refractivity contribution < 1.29 is 13.9 Å². The lowest BCUT2D eigenvalue weighted by molar-refractivity contribution is -0.111. The van der Waals surface area contributed by atoms with Gasteiger partial charge in [-0.1, -0.05) is 12.1 Å². The molecule has 0 radical (unpaired) electrons. The number of nitrogens with one attached hydrogen (secondary N) is 1. The highest BCUT2D eigenvalue weighted by molar-refractivity contribution is 6.02. The highest BCUT2D eigenvalue weighted by Gasteiger charge is 2.04. The highest BCUT2D eigenvalue weighted by atomic mass is 19.1. The largest absolute Gasteiger partial charge is 0.497 e. The molecule has 0 bridgehead atoms. The zero-order valence-electron chi connectivity index (χ0n) is 11.5. The normalized spacial score (nSPS) is 10.6. The second kappa shape index (κ2) is 6.56. The van der Waals surface area contributed by atoms with E-state index in [4.69, 9.17) is 10.5 Å². The van der Waals surface area contributed by atoms with Crippen molar-refractivity contribution in [2.24, 2.45) is 0 Å². The van der Waals surface area contributed by atoms with Crippen molar-refractivity contribution in [2.75, 3.05) is 18.2 Å². The summed E-state index contributed by atoms with van der Waals surface area (Å²) in [6.45, 7) is 0. The Morgan fingerprint density at radius 2 is 1.95 bits per heavy atom. The van der Waals surface area contributed by atoms with Crippen LogP contribution in [0.5, 0.6) is 5.75 Å². The predicted octanol–water partition coefficient (Wildman–Crippen LogP) is 3.07. The SMILES string of the molecule is COc1ccc(/C=C/C(=O)Nc2cc(N)ccc2F)cc1. The fourth-order valence-electron chi connectivity index (χ4n) is 1.70. The molecule has 108 valence electrons. The van der Waals surface area contributed by atoms with Gasteiger partial charge in [-0.2, -0.15) is 0 Å². The molecule has 0 atom stereocenters. The van der Waals surface area contributed by atoms with Gasteiger partial charge in [-0.05, 0) is 42.0 Å². The summed E-state index contributed by atoms with van der Waals surface area (Å²) >= 11 is 0. The van der Waals surface area contributed by atoms with Gasteiger partial charge in [-0.3, -0.25) is 4.79 Å². The van der Waals surface area contributed by atoms with E-state index in [0.29, 0.717) is 5.69 Å². The molecule has 0 aliphatic rings. The molecule has 2 aromatic carbocycles. The zero-order chi connectivity index (χ0) is 15.2. The number of benzene rings is 2. The van der Waals surface area contributed by atoms with Crippen LogP contribution in [0.3, 0.4) is 0 Å². The molecule has 0 saturated carbocycles. The third-order valence-corrected chi connectivity index (χ3v) is 2.79. The lowest BCUT2D eigenvalue weighted by atomic mass is 10.2. The molecule has 0 saturated heterocycles. The van der Waals surface area contributed by atoms with Crippen LogP contribution >= 0.6 is 0 Å². The predicted molar refractivity (Wildman–Crippen MR) is 81.5 cm³/mol. The minimum absolute atomic E-state index is 0.0550. The number of halogens is 1. The minimum Gasteiger partial charge on any atom is -0.497 e. The van der Waals surface area contributed by atoms with Crippen LogP contribution in [0.15, 0.2) is 48.5 Å². The van der Waals surface area contributed by atoms with Crippen LogP contribution in [-0.4, -0.2) is 13.0 Å². The number of methoxy groups -OCH3 is 1. The molecule has 0 aliphatic carbocycles. The van der Waals surface area contributed by atoms with Gasteiger partial charge in [0.15, 0.2) is 0 Å². The Bertz CT molecular complexity index is 666. The van der Waals surface area contributed by atoms with Gasteiger partial charge in [0.2, 0.25) is 5.91 Å². The second-order valence-electron chi connectivity index (χ2n) is 4.34. The molecular formula is C16H15FN2O2. The number of hydrogen-bond donors (Lipinski definition) is 2. The van der Waals surface area contributed by atoms with Crippen molar-refractivity contribution in [1.29, 1.82) is 0 Å². The van der Waals surface area contributed by atoms with E-state index in [9.17, 15) is 9.18 Å². The summed E-state index contributed by atoms with van der Waals surface area (Å²) in [6, 6.07) is 11.2. The topological polar surface area (TPSA) is 64.3 Å². The molecule has 0 fully saturated rings. The van der Waals surface area contributed by atoms with E-state index >= 15 is 0 Å². The van der Waals surface area contributed by atoms with Crippen molar-refractivity contribution in [3.05, 3.63) is 59.9 Å². The molecule has 4 nitrogen and oxygen atoms in total.